The molecule has 0 aliphatic heterocycles. The number of aliphatic carboxylic acids is 1. The predicted octanol–water partition coefficient (Wildman–Crippen LogP) is 1.92. The molecule has 1 aromatic rings. The highest BCUT2D eigenvalue weighted by Gasteiger charge is 2.33. The topological polar surface area (TPSA) is 125 Å². The fraction of sp³-hybridized carbons (Fsp3) is 0.565. The molecule has 1 unspecified atom stereocenters. The van der Waals surface area contributed by atoms with Gasteiger partial charge in [0.15, 0.2) is 0 Å². The molecule has 0 spiro atoms. The van der Waals surface area contributed by atoms with Crippen LogP contribution in [-0.4, -0.2) is 59.3 Å². The van der Waals surface area contributed by atoms with Crippen LogP contribution in [0, 0.1) is 5.92 Å². The summed E-state index contributed by atoms with van der Waals surface area (Å²) in [6.07, 6.45) is -3.61. The molecule has 2 amide bonds. The van der Waals surface area contributed by atoms with Crippen molar-refractivity contribution in [3.63, 3.8) is 0 Å². The van der Waals surface area contributed by atoms with E-state index in [4.69, 9.17) is 5.11 Å². The number of carbonyl (C=O) groups is 4. The van der Waals surface area contributed by atoms with Gasteiger partial charge < -0.3 is 21.1 Å². The molecule has 8 nitrogen and oxygen atoms in total. The summed E-state index contributed by atoms with van der Waals surface area (Å²) in [6, 6.07) is 5.54. The Balaban J connectivity index is 3.03. The highest BCUT2D eigenvalue weighted by Crippen LogP contribution is 2.11. The number of carbonyl (C=O) groups excluding carboxylic acids is 3. The molecule has 1 aromatic carbocycles. The van der Waals surface area contributed by atoms with Crippen LogP contribution in [0.2, 0.25) is 0 Å². The average molecular weight is 470 g/mol. The predicted molar refractivity (Wildman–Crippen MR) is 119 cm³/mol. The minimum Gasteiger partial charge on any atom is -0.475 e. The summed E-state index contributed by atoms with van der Waals surface area (Å²) in [6.45, 7) is 7.35. The third kappa shape index (κ3) is 10.5. The minimum absolute atomic E-state index is 0.0366. The molecule has 0 fully saturated rings. The Hall–Kier alpha value is -2.88. The van der Waals surface area contributed by atoms with E-state index < -0.39 is 54.5 Å². The number of nitrogens with one attached hydrogen (secondary N) is 3. The maximum absolute atomic E-state index is 13.1. The minimum atomic E-state index is -3.00. The SMILES string of the molecule is CC(C)C[C@H](NC(=O)[C@H](Cc1ccccc1)NC(C)C)C(=O)NC(CC(F)F)C(=O)C(=O)O. The second kappa shape index (κ2) is 13.6. The largest absolute Gasteiger partial charge is 0.475 e. The van der Waals surface area contributed by atoms with E-state index in [1.165, 1.54) is 0 Å². The molecule has 10 heteroatoms. The van der Waals surface area contributed by atoms with Gasteiger partial charge in [-0.1, -0.05) is 58.0 Å². The smallest absolute Gasteiger partial charge is 0.374 e. The van der Waals surface area contributed by atoms with Crippen molar-refractivity contribution in [1.29, 1.82) is 0 Å². The fourth-order valence-electron chi connectivity index (χ4n) is 3.29. The summed E-state index contributed by atoms with van der Waals surface area (Å²) in [4.78, 5) is 48.6. The van der Waals surface area contributed by atoms with Gasteiger partial charge in [-0.05, 0) is 24.3 Å². The van der Waals surface area contributed by atoms with Crippen molar-refractivity contribution in [3.05, 3.63) is 35.9 Å². The van der Waals surface area contributed by atoms with Gasteiger partial charge in [-0.2, -0.15) is 0 Å². The number of ketones is 1. The van der Waals surface area contributed by atoms with Crippen LogP contribution >= 0.6 is 0 Å². The molecule has 0 aromatic heterocycles. The number of hydrogen-bond donors (Lipinski definition) is 4. The van der Waals surface area contributed by atoms with E-state index >= 15 is 0 Å². The fourth-order valence-corrected chi connectivity index (χ4v) is 3.29. The van der Waals surface area contributed by atoms with Crippen molar-refractivity contribution in [1.82, 2.24) is 16.0 Å². The standard InChI is InChI=1S/C23H33F2N3O5/c1-13(2)10-17(21(30)27-16(12-19(24)25)20(29)23(32)33)28-22(31)18(26-14(3)4)11-15-8-6-5-7-9-15/h5-9,13-14,16-19,26H,10-12H2,1-4H3,(H,27,30)(H,28,31)(H,32,33)/t16?,17-,18-/m0/s1. The number of halogens is 2. The Labute approximate surface area is 192 Å². The zero-order valence-electron chi connectivity index (χ0n) is 19.3. The van der Waals surface area contributed by atoms with Gasteiger partial charge in [0.1, 0.15) is 12.1 Å². The summed E-state index contributed by atoms with van der Waals surface area (Å²) in [5.74, 6) is -4.88. The molecule has 0 aliphatic carbocycles. The Morgan fingerprint density at radius 3 is 1.88 bits per heavy atom. The summed E-state index contributed by atoms with van der Waals surface area (Å²) in [5, 5.41) is 16.8. The van der Waals surface area contributed by atoms with Crippen molar-refractivity contribution in [2.75, 3.05) is 0 Å². The third-order valence-electron chi connectivity index (χ3n) is 4.73. The maximum Gasteiger partial charge on any atom is 0.374 e. The number of amides is 2. The lowest BCUT2D eigenvalue weighted by atomic mass is 10.00. The number of benzene rings is 1. The second-order valence-corrected chi connectivity index (χ2v) is 8.61. The van der Waals surface area contributed by atoms with E-state index in [0.29, 0.717) is 6.42 Å². The van der Waals surface area contributed by atoms with Crippen LogP contribution in [0.25, 0.3) is 0 Å². The van der Waals surface area contributed by atoms with Crippen molar-refractivity contribution >= 4 is 23.6 Å². The van der Waals surface area contributed by atoms with Gasteiger partial charge in [0.25, 0.3) is 5.78 Å². The first-order valence-electron chi connectivity index (χ1n) is 10.9. The second-order valence-electron chi connectivity index (χ2n) is 8.61. The number of alkyl halides is 2. The number of rotatable bonds is 14. The van der Waals surface area contributed by atoms with Crippen LogP contribution in [0.1, 0.15) is 46.1 Å². The van der Waals surface area contributed by atoms with Crippen LogP contribution < -0.4 is 16.0 Å². The Morgan fingerprint density at radius 1 is 0.848 bits per heavy atom. The van der Waals surface area contributed by atoms with Crippen LogP contribution in [0.4, 0.5) is 8.78 Å². The van der Waals surface area contributed by atoms with Crippen LogP contribution in [0.5, 0.6) is 0 Å². The summed E-state index contributed by atoms with van der Waals surface area (Å²) >= 11 is 0. The van der Waals surface area contributed by atoms with Gasteiger partial charge in [0.2, 0.25) is 18.2 Å². The lowest BCUT2D eigenvalue weighted by molar-refractivity contribution is -0.151. The molecule has 184 valence electrons. The van der Waals surface area contributed by atoms with Crippen LogP contribution in [-0.2, 0) is 25.6 Å². The molecule has 0 heterocycles. The number of carboxylic acids is 1. The van der Waals surface area contributed by atoms with Crippen LogP contribution in [0.3, 0.4) is 0 Å². The number of Topliss-reactive ketones (excluding diaryl/α,β-unsaturated/α-hetero) is 1. The molecular formula is C23H33F2N3O5. The van der Waals surface area contributed by atoms with Gasteiger partial charge in [0.05, 0.1) is 6.04 Å². The van der Waals surface area contributed by atoms with Crippen molar-refractivity contribution in [2.24, 2.45) is 5.92 Å². The molecule has 0 aliphatic rings. The number of hydrogen-bond acceptors (Lipinski definition) is 5. The Kier molecular flexibility index (Phi) is 11.6. The molecule has 0 saturated heterocycles. The first-order valence-corrected chi connectivity index (χ1v) is 10.9. The van der Waals surface area contributed by atoms with Gasteiger partial charge in [-0.25, -0.2) is 13.6 Å². The number of carboxylic acid groups (broad SMARTS) is 1. The Bertz CT molecular complexity index is 803. The van der Waals surface area contributed by atoms with Crippen molar-refractivity contribution in [2.45, 2.75) is 77.6 Å². The maximum atomic E-state index is 13.1. The summed E-state index contributed by atoms with van der Waals surface area (Å²) in [7, 11) is 0. The first-order chi connectivity index (χ1) is 15.4. The van der Waals surface area contributed by atoms with Crippen molar-refractivity contribution in [3.8, 4) is 0 Å². The summed E-state index contributed by atoms with van der Waals surface area (Å²) in [5.41, 5.74) is 0.903. The third-order valence-corrected chi connectivity index (χ3v) is 4.73. The van der Waals surface area contributed by atoms with Gasteiger partial charge in [0, 0.05) is 12.5 Å². The molecule has 0 radical (unpaired) electrons. The highest BCUT2D eigenvalue weighted by atomic mass is 19.3. The van der Waals surface area contributed by atoms with Gasteiger partial charge >= 0.3 is 5.97 Å². The molecule has 1 rings (SSSR count). The molecule has 4 N–H and O–H groups in total. The normalized spacial score (nSPS) is 14.1. The van der Waals surface area contributed by atoms with Gasteiger partial charge in [-0.15, -0.1) is 0 Å². The van der Waals surface area contributed by atoms with E-state index in [2.05, 4.69) is 16.0 Å². The lowest BCUT2D eigenvalue weighted by Crippen LogP contribution is -2.57. The average Bonchev–Trinajstić information content (AvgIpc) is 2.71. The Morgan fingerprint density at radius 2 is 1.39 bits per heavy atom. The van der Waals surface area contributed by atoms with E-state index in [-0.39, 0.29) is 18.4 Å². The molecule has 0 saturated carbocycles. The van der Waals surface area contributed by atoms with Gasteiger partial charge in [-0.3, -0.25) is 14.4 Å². The van der Waals surface area contributed by atoms with Crippen molar-refractivity contribution < 1.29 is 33.1 Å². The molecular weight excluding hydrogens is 436 g/mol. The highest BCUT2D eigenvalue weighted by molar-refractivity contribution is 6.35. The zero-order valence-corrected chi connectivity index (χ0v) is 19.3. The molecule has 33 heavy (non-hydrogen) atoms. The quantitative estimate of drug-likeness (QED) is 0.309. The molecule has 0 bridgehead atoms. The monoisotopic (exact) mass is 469 g/mol. The van der Waals surface area contributed by atoms with E-state index in [1.807, 2.05) is 44.2 Å². The van der Waals surface area contributed by atoms with E-state index in [9.17, 15) is 28.0 Å². The zero-order chi connectivity index (χ0) is 25.1. The summed E-state index contributed by atoms with van der Waals surface area (Å²) < 4.78 is 25.7. The first kappa shape index (κ1) is 28.2. The van der Waals surface area contributed by atoms with E-state index in [0.717, 1.165) is 5.56 Å². The van der Waals surface area contributed by atoms with Crippen LogP contribution in [0.15, 0.2) is 30.3 Å². The lowest BCUT2D eigenvalue weighted by Gasteiger charge is -2.26. The molecule has 3 atom stereocenters. The van der Waals surface area contributed by atoms with E-state index in [1.54, 1.807) is 13.8 Å².